The summed E-state index contributed by atoms with van der Waals surface area (Å²) in [5.74, 6) is 1.63. The summed E-state index contributed by atoms with van der Waals surface area (Å²) in [5, 5.41) is 18.2. The SMILES string of the molecule is O=C(Nc1nc(C2CC2)cs1)C1CCN(c2ccc3nncn3n2)CC1. The van der Waals surface area contributed by atoms with Crippen LogP contribution in [0.4, 0.5) is 10.9 Å². The van der Waals surface area contributed by atoms with Crippen molar-refractivity contribution in [1.82, 2.24) is 24.8 Å². The predicted octanol–water partition coefficient (Wildman–Crippen LogP) is 2.31. The van der Waals surface area contributed by atoms with Gasteiger partial charge in [0.2, 0.25) is 5.91 Å². The van der Waals surface area contributed by atoms with Crippen LogP contribution in [-0.2, 0) is 4.79 Å². The van der Waals surface area contributed by atoms with Crippen LogP contribution in [0.2, 0.25) is 0 Å². The number of piperidine rings is 1. The Morgan fingerprint density at radius 2 is 2.04 bits per heavy atom. The van der Waals surface area contributed by atoms with Gasteiger partial charge in [-0.25, -0.2) is 4.98 Å². The zero-order valence-corrected chi connectivity index (χ0v) is 15.0. The number of aromatic nitrogens is 5. The first-order valence-corrected chi connectivity index (χ1v) is 9.82. The van der Waals surface area contributed by atoms with E-state index in [9.17, 15) is 4.79 Å². The molecule has 134 valence electrons. The van der Waals surface area contributed by atoms with Crippen LogP contribution in [0.25, 0.3) is 5.65 Å². The number of carbonyl (C=O) groups is 1. The zero-order chi connectivity index (χ0) is 17.5. The summed E-state index contributed by atoms with van der Waals surface area (Å²) in [4.78, 5) is 19.3. The molecule has 2 aliphatic rings. The fraction of sp³-hybridized carbons (Fsp3) is 0.471. The summed E-state index contributed by atoms with van der Waals surface area (Å²) in [5.41, 5.74) is 1.87. The van der Waals surface area contributed by atoms with Crippen molar-refractivity contribution in [2.24, 2.45) is 5.92 Å². The van der Waals surface area contributed by atoms with E-state index in [1.165, 1.54) is 24.2 Å². The number of fused-ring (bicyclic) bond motifs is 1. The number of carbonyl (C=O) groups excluding carboxylic acids is 1. The van der Waals surface area contributed by atoms with Crippen LogP contribution in [0.1, 0.15) is 37.3 Å². The van der Waals surface area contributed by atoms with E-state index in [4.69, 9.17) is 0 Å². The summed E-state index contributed by atoms with van der Waals surface area (Å²) in [6, 6.07) is 3.87. The first-order chi connectivity index (χ1) is 12.8. The topological polar surface area (TPSA) is 88.3 Å². The highest BCUT2D eigenvalue weighted by molar-refractivity contribution is 7.13. The van der Waals surface area contributed by atoms with Gasteiger partial charge in [-0.15, -0.1) is 26.6 Å². The monoisotopic (exact) mass is 369 g/mol. The maximum atomic E-state index is 12.5. The van der Waals surface area contributed by atoms with E-state index >= 15 is 0 Å². The Labute approximate surface area is 154 Å². The van der Waals surface area contributed by atoms with Gasteiger partial charge in [-0.2, -0.15) is 4.52 Å². The van der Waals surface area contributed by atoms with Crippen molar-refractivity contribution in [3.8, 4) is 0 Å². The molecule has 0 radical (unpaired) electrons. The van der Waals surface area contributed by atoms with E-state index in [0.717, 1.165) is 48.2 Å². The van der Waals surface area contributed by atoms with Crippen LogP contribution in [-0.4, -0.2) is 43.8 Å². The number of amides is 1. The van der Waals surface area contributed by atoms with Gasteiger partial charge in [0.1, 0.15) is 12.1 Å². The average molecular weight is 369 g/mol. The lowest BCUT2D eigenvalue weighted by Crippen LogP contribution is -2.38. The van der Waals surface area contributed by atoms with E-state index < -0.39 is 0 Å². The molecule has 0 spiro atoms. The van der Waals surface area contributed by atoms with Crippen molar-refractivity contribution in [2.45, 2.75) is 31.6 Å². The van der Waals surface area contributed by atoms with Crippen molar-refractivity contribution in [1.29, 1.82) is 0 Å². The molecule has 1 amide bonds. The lowest BCUT2D eigenvalue weighted by molar-refractivity contribution is -0.120. The number of nitrogens with one attached hydrogen (secondary N) is 1. The van der Waals surface area contributed by atoms with Crippen molar-refractivity contribution >= 4 is 33.8 Å². The number of rotatable bonds is 4. The lowest BCUT2D eigenvalue weighted by Gasteiger charge is -2.31. The van der Waals surface area contributed by atoms with Crippen LogP contribution < -0.4 is 10.2 Å². The minimum Gasteiger partial charge on any atom is -0.355 e. The van der Waals surface area contributed by atoms with Gasteiger partial charge in [0.25, 0.3) is 0 Å². The molecule has 2 fully saturated rings. The van der Waals surface area contributed by atoms with Gasteiger partial charge in [-0.3, -0.25) is 4.79 Å². The summed E-state index contributed by atoms with van der Waals surface area (Å²) < 4.78 is 1.67. The molecule has 3 aromatic rings. The first-order valence-electron chi connectivity index (χ1n) is 8.94. The quantitative estimate of drug-likeness (QED) is 0.759. The van der Waals surface area contributed by atoms with Gasteiger partial charge in [-0.1, -0.05) is 0 Å². The molecule has 1 aliphatic heterocycles. The molecule has 1 saturated carbocycles. The van der Waals surface area contributed by atoms with E-state index in [0.29, 0.717) is 5.92 Å². The third kappa shape index (κ3) is 3.03. The Hall–Kier alpha value is -2.55. The normalized spacial score (nSPS) is 18.4. The number of thiazole rings is 1. The molecular weight excluding hydrogens is 350 g/mol. The largest absolute Gasteiger partial charge is 0.355 e. The number of hydrogen-bond donors (Lipinski definition) is 1. The third-order valence-electron chi connectivity index (χ3n) is 5.09. The van der Waals surface area contributed by atoms with E-state index in [-0.39, 0.29) is 11.8 Å². The van der Waals surface area contributed by atoms with Crippen LogP contribution in [0, 0.1) is 5.92 Å². The zero-order valence-electron chi connectivity index (χ0n) is 14.2. The van der Waals surface area contributed by atoms with Crippen LogP contribution in [0.5, 0.6) is 0 Å². The van der Waals surface area contributed by atoms with E-state index in [1.807, 2.05) is 12.1 Å². The minimum atomic E-state index is 0.0261. The van der Waals surface area contributed by atoms with Gasteiger partial charge in [0.15, 0.2) is 10.8 Å². The Bertz CT molecular complexity index is 939. The Morgan fingerprint density at radius 1 is 1.19 bits per heavy atom. The number of anilines is 2. The molecule has 1 aliphatic carbocycles. The molecule has 0 unspecified atom stereocenters. The first kappa shape index (κ1) is 15.7. The molecule has 0 bridgehead atoms. The molecule has 1 N–H and O–H groups in total. The number of hydrogen-bond acceptors (Lipinski definition) is 7. The molecule has 4 heterocycles. The second-order valence-electron chi connectivity index (χ2n) is 6.93. The lowest BCUT2D eigenvalue weighted by atomic mass is 9.96. The highest BCUT2D eigenvalue weighted by atomic mass is 32.1. The predicted molar refractivity (Wildman–Crippen MR) is 98.4 cm³/mol. The molecule has 8 nitrogen and oxygen atoms in total. The van der Waals surface area contributed by atoms with Crippen LogP contribution in [0.15, 0.2) is 23.8 Å². The van der Waals surface area contributed by atoms with Gasteiger partial charge >= 0.3 is 0 Å². The molecule has 1 saturated heterocycles. The molecule has 26 heavy (non-hydrogen) atoms. The molecule has 0 atom stereocenters. The van der Waals surface area contributed by atoms with Gasteiger partial charge in [-0.05, 0) is 37.8 Å². The van der Waals surface area contributed by atoms with Crippen molar-refractivity contribution in [3.63, 3.8) is 0 Å². The Balaban J connectivity index is 1.19. The Morgan fingerprint density at radius 3 is 2.85 bits per heavy atom. The standard InChI is InChI=1S/C17H19N7OS/c25-16(20-17-19-13(9-26-17)11-1-2-11)12-5-7-23(8-6-12)15-4-3-14-21-18-10-24(14)22-15/h3-4,9-12H,1-2,5-8H2,(H,19,20,25). The summed E-state index contributed by atoms with van der Waals surface area (Å²) in [7, 11) is 0. The molecule has 9 heteroatoms. The van der Waals surface area contributed by atoms with Gasteiger partial charge < -0.3 is 10.2 Å². The fourth-order valence-corrected chi connectivity index (χ4v) is 4.17. The maximum absolute atomic E-state index is 12.5. The van der Waals surface area contributed by atoms with Crippen molar-refractivity contribution in [2.75, 3.05) is 23.3 Å². The smallest absolute Gasteiger partial charge is 0.229 e. The molecule has 3 aromatic heterocycles. The van der Waals surface area contributed by atoms with Crippen LogP contribution >= 0.6 is 11.3 Å². The van der Waals surface area contributed by atoms with E-state index in [1.54, 1.807) is 10.8 Å². The van der Waals surface area contributed by atoms with E-state index in [2.05, 4.69) is 35.9 Å². The van der Waals surface area contributed by atoms with Gasteiger partial charge in [0.05, 0.1) is 5.69 Å². The highest BCUT2D eigenvalue weighted by Crippen LogP contribution is 2.41. The van der Waals surface area contributed by atoms with Crippen molar-refractivity contribution < 1.29 is 4.79 Å². The van der Waals surface area contributed by atoms with Gasteiger partial charge in [0, 0.05) is 30.3 Å². The third-order valence-corrected chi connectivity index (χ3v) is 5.86. The molecule has 5 rings (SSSR count). The van der Waals surface area contributed by atoms with Crippen LogP contribution in [0.3, 0.4) is 0 Å². The molecule has 0 aromatic carbocycles. The Kier molecular flexibility index (Phi) is 3.81. The van der Waals surface area contributed by atoms with Crippen molar-refractivity contribution in [3.05, 3.63) is 29.5 Å². The summed E-state index contributed by atoms with van der Waals surface area (Å²) in [6.07, 6.45) is 5.68. The average Bonchev–Trinajstić information content (AvgIpc) is 3.23. The minimum absolute atomic E-state index is 0.0261. The highest BCUT2D eigenvalue weighted by Gasteiger charge is 2.28. The summed E-state index contributed by atoms with van der Waals surface area (Å²) >= 11 is 1.53. The second kappa shape index (κ2) is 6.31. The second-order valence-corrected chi connectivity index (χ2v) is 7.79. The number of nitrogens with zero attached hydrogens (tertiary/aromatic N) is 6. The maximum Gasteiger partial charge on any atom is 0.229 e. The fourth-order valence-electron chi connectivity index (χ4n) is 3.38. The summed E-state index contributed by atoms with van der Waals surface area (Å²) in [6.45, 7) is 1.62. The molecular formula is C17H19N7OS.